The van der Waals surface area contributed by atoms with Crippen molar-refractivity contribution in [3.05, 3.63) is 70.4 Å². The zero-order valence-electron chi connectivity index (χ0n) is 15.1. The Morgan fingerprint density at radius 1 is 1.17 bits per heavy atom. The van der Waals surface area contributed by atoms with Crippen molar-refractivity contribution in [3.8, 4) is 0 Å². The number of hydrogen-bond donors (Lipinski definition) is 1. The molecule has 150 valence electrons. The fourth-order valence-corrected chi connectivity index (χ4v) is 5.25. The second-order valence-corrected chi connectivity index (χ2v) is 9.90. The second kappa shape index (κ2) is 8.72. The molecule has 0 spiro atoms. The zero-order chi connectivity index (χ0) is 21.0. The Hall–Kier alpha value is -2.76. The van der Waals surface area contributed by atoms with E-state index in [0.717, 1.165) is 40.1 Å². The van der Waals surface area contributed by atoms with Gasteiger partial charge in [0.15, 0.2) is 5.13 Å². The number of carbonyl (C=O) groups is 1. The maximum absolute atomic E-state index is 12.7. The molecule has 29 heavy (non-hydrogen) atoms. The van der Waals surface area contributed by atoms with Crippen LogP contribution in [0.3, 0.4) is 0 Å². The first-order chi connectivity index (χ1) is 13.8. The molecular weight excluding hydrogens is 434 g/mol. The van der Waals surface area contributed by atoms with Gasteiger partial charge in [-0.05, 0) is 36.1 Å². The molecular formula is C18H15N3O5S3. The molecule has 2 aromatic carbocycles. The first kappa shape index (κ1) is 21.0. The molecule has 1 aromatic heterocycles. The SMILES string of the molecule is CSc1ccc(CC(=O)Nc2ncc(S(=O)(=O)c3ccc([N+](=O)[O-])cc3)s2)cc1. The third kappa shape index (κ3) is 5.00. The lowest BCUT2D eigenvalue weighted by atomic mass is 10.1. The average molecular weight is 450 g/mol. The van der Waals surface area contributed by atoms with Gasteiger partial charge in [0.1, 0.15) is 4.21 Å². The van der Waals surface area contributed by atoms with Gasteiger partial charge in [-0.3, -0.25) is 14.9 Å². The van der Waals surface area contributed by atoms with Gasteiger partial charge in [0.25, 0.3) is 5.69 Å². The Labute approximate surface area is 175 Å². The van der Waals surface area contributed by atoms with Gasteiger partial charge in [0, 0.05) is 17.0 Å². The lowest BCUT2D eigenvalue weighted by Crippen LogP contribution is -2.14. The van der Waals surface area contributed by atoms with Crippen LogP contribution in [0.1, 0.15) is 5.56 Å². The number of hydrogen-bond acceptors (Lipinski definition) is 8. The van der Waals surface area contributed by atoms with E-state index in [1.54, 1.807) is 11.8 Å². The number of carbonyl (C=O) groups excluding carboxylic acids is 1. The lowest BCUT2D eigenvalue weighted by molar-refractivity contribution is -0.384. The molecule has 11 heteroatoms. The number of benzene rings is 2. The van der Waals surface area contributed by atoms with Gasteiger partial charge in [-0.1, -0.05) is 23.5 Å². The van der Waals surface area contributed by atoms with E-state index in [4.69, 9.17) is 0 Å². The van der Waals surface area contributed by atoms with Crippen LogP contribution in [0.2, 0.25) is 0 Å². The number of nitrogens with zero attached hydrogens (tertiary/aromatic N) is 2. The zero-order valence-corrected chi connectivity index (χ0v) is 17.5. The van der Waals surface area contributed by atoms with Gasteiger partial charge in [0.2, 0.25) is 15.7 Å². The van der Waals surface area contributed by atoms with Crippen LogP contribution in [0.5, 0.6) is 0 Å². The van der Waals surface area contributed by atoms with Gasteiger partial charge in [0.05, 0.1) is 22.4 Å². The fourth-order valence-electron chi connectivity index (χ4n) is 2.40. The summed E-state index contributed by atoms with van der Waals surface area (Å²) >= 11 is 2.43. The van der Waals surface area contributed by atoms with Crippen molar-refractivity contribution in [1.29, 1.82) is 0 Å². The molecule has 0 bridgehead atoms. The third-order valence-electron chi connectivity index (χ3n) is 3.88. The number of rotatable bonds is 7. The Balaban J connectivity index is 1.70. The van der Waals surface area contributed by atoms with Crippen molar-refractivity contribution in [2.24, 2.45) is 0 Å². The Morgan fingerprint density at radius 3 is 2.41 bits per heavy atom. The van der Waals surface area contributed by atoms with E-state index in [-0.39, 0.29) is 32.3 Å². The van der Waals surface area contributed by atoms with Crippen molar-refractivity contribution < 1.29 is 18.1 Å². The minimum Gasteiger partial charge on any atom is -0.302 e. The smallest absolute Gasteiger partial charge is 0.269 e. The van der Waals surface area contributed by atoms with Crippen molar-refractivity contribution in [3.63, 3.8) is 0 Å². The Kier molecular flexibility index (Phi) is 6.30. The predicted octanol–water partition coefficient (Wildman–Crippen LogP) is 3.79. The minimum atomic E-state index is -3.88. The monoisotopic (exact) mass is 449 g/mol. The summed E-state index contributed by atoms with van der Waals surface area (Å²) < 4.78 is 25.2. The van der Waals surface area contributed by atoms with E-state index in [1.165, 1.54) is 12.1 Å². The summed E-state index contributed by atoms with van der Waals surface area (Å²) in [5, 5.41) is 13.5. The number of anilines is 1. The Bertz CT molecular complexity index is 1140. The summed E-state index contributed by atoms with van der Waals surface area (Å²) in [6, 6.07) is 12.2. The molecule has 0 unspecified atom stereocenters. The van der Waals surface area contributed by atoms with Crippen molar-refractivity contribution in [1.82, 2.24) is 4.98 Å². The van der Waals surface area contributed by atoms with Crippen LogP contribution in [0.25, 0.3) is 0 Å². The number of amides is 1. The third-order valence-corrected chi connectivity index (χ3v) is 7.76. The molecule has 1 amide bonds. The number of thiazole rings is 1. The molecule has 0 aliphatic carbocycles. The number of aromatic nitrogens is 1. The van der Waals surface area contributed by atoms with E-state index in [1.807, 2.05) is 30.5 Å². The molecule has 1 heterocycles. The number of sulfone groups is 1. The number of thioether (sulfide) groups is 1. The highest BCUT2D eigenvalue weighted by atomic mass is 32.2. The molecule has 0 atom stereocenters. The lowest BCUT2D eigenvalue weighted by Gasteiger charge is -2.03. The van der Waals surface area contributed by atoms with Gasteiger partial charge in [-0.2, -0.15) is 0 Å². The van der Waals surface area contributed by atoms with Crippen molar-refractivity contribution in [2.75, 3.05) is 11.6 Å². The molecule has 3 rings (SSSR count). The van der Waals surface area contributed by atoms with Crippen LogP contribution in [0, 0.1) is 10.1 Å². The average Bonchev–Trinajstić information content (AvgIpc) is 3.17. The summed E-state index contributed by atoms with van der Waals surface area (Å²) in [6.07, 6.45) is 3.26. The topological polar surface area (TPSA) is 119 Å². The second-order valence-electron chi connectivity index (χ2n) is 5.81. The number of nitro benzene ring substituents is 1. The molecule has 0 aliphatic rings. The summed E-state index contributed by atoms with van der Waals surface area (Å²) in [7, 11) is -3.88. The summed E-state index contributed by atoms with van der Waals surface area (Å²) in [4.78, 5) is 27.3. The van der Waals surface area contributed by atoms with Crippen LogP contribution < -0.4 is 5.32 Å². The quantitative estimate of drug-likeness (QED) is 0.331. The van der Waals surface area contributed by atoms with Crippen molar-refractivity contribution >= 4 is 49.7 Å². The maximum Gasteiger partial charge on any atom is 0.269 e. The number of nitro groups is 1. The molecule has 1 N–H and O–H groups in total. The van der Waals surface area contributed by atoms with Crippen LogP contribution in [-0.4, -0.2) is 30.5 Å². The van der Waals surface area contributed by atoms with Crippen molar-refractivity contribution in [2.45, 2.75) is 20.4 Å². The van der Waals surface area contributed by atoms with Crippen LogP contribution in [0.4, 0.5) is 10.8 Å². The van der Waals surface area contributed by atoms with Crippen LogP contribution in [0.15, 0.2) is 68.7 Å². The highest BCUT2D eigenvalue weighted by Crippen LogP contribution is 2.29. The van der Waals surface area contributed by atoms with Crippen LogP contribution >= 0.6 is 23.1 Å². The summed E-state index contributed by atoms with van der Waals surface area (Å²) in [5.74, 6) is -0.310. The summed E-state index contributed by atoms with van der Waals surface area (Å²) in [5.41, 5.74) is 0.627. The highest BCUT2D eigenvalue weighted by molar-refractivity contribution is 7.98. The molecule has 8 nitrogen and oxygen atoms in total. The largest absolute Gasteiger partial charge is 0.302 e. The predicted molar refractivity (Wildman–Crippen MR) is 111 cm³/mol. The van der Waals surface area contributed by atoms with Crippen LogP contribution in [-0.2, 0) is 21.1 Å². The minimum absolute atomic E-state index is 0.0639. The van der Waals surface area contributed by atoms with E-state index in [9.17, 15) is 23.3 Å². The number of nitrogens with one attached hydrogen (secondary N) is 1. The maximum atomic E-state index is 12.7. The Morgan fingerprint density at radius 2 is 1.83 bits per heavy atom. The molecule has 0 radical (unpaired) electrons. The van der Waals surface area contributed by atoms with E-state index in [0.29, 0.717) is 0 Å². The molecule has 0 saturated carbocycles. The van der Waals surface area contributed by atoms with E-state index >= 15 is 0 Å². The summed E-state index contributed by atoms with van der Waals surface area (Å²) in [6.45, 7) is 0. The normalized spacial score (nSPS) is 11.2. The van der Waals surface area contributed by atoms with Gasteiger partial charge < -0.3 is 5.32 Å². The van der Waals surface area contributed by atoms with Gasteiger partial charge in [-0.25, -0.2) is 13.4 Å². The molecule has 0 aliphatic heterocycles. The molecule has 3 aromatic rings. The van der Waals surface area contributed by atoms with E-state index in [2.05, 4.69) is 10.3 Å². The molecule has 0 fully saturated rings. The van der Waals surface area contributed by atoms with Gasteiger partial charge in [-0.15, -0.1) is 11.8 Å². The first-order valence-corrected chi connectivity index (χ1v) is 11.7. The first-order valence-electron chi connectivity index (χ1n) is 8.18. The fraction of sp³-hybridized carbons (Fsp3) is 0.111. The highest BCUT2D eigenvalue weighted by Gasteiger charge is 2.22. The van der Waals surface area contributed by atoms with E-state index < -0.39 is 14.8 Å². The standard InChI is InChI=1S/C18H15N3O5S3/c1-27-14-6-2-12(3-7-14)10-16(22)20-18-19-11-17(28-18)29(25,26)15-8-4-13(5-9-15)21(23)24/h2-9,11H,10H2,1H3,(H,19,20,22). The number of non-ortho nitro benzene ring substituents is 1. The van der Waals surface area contributed by atoms with Gasteiger partial charge >= 0.3 is 0 Å². The molecule has 0 saturated heterocycles.